The molecule has 84 valence electrons. The van der Waals surface area contributed by atoms with Gasteiger partial charge in [-0.25, -0.2) is 0 Å². The van der Waals surface area contributed by atoms with E-state index in [1.54, 1.807) is 0 Å². The van der Waals surface area contributed by atoms with Crippen molar-refractivity contribution in [3.8, 4) is 5.75 Å². The maximum Gasteiger partial charge on any atom is 0.138 e. The van der Waals surface area contributed by atoms with Crippen LogP contribution in [0.25, 0.3) is 0 Å². The van der Waals surface area contributed by atoms with Gasteiger partial charge in [-0.2, -0.15) is 12.6 Å². The number of halogens is 1. The summed E-state index contributed by atoms with van der Waals surface area (Å²) in [6.07, 6.45) is 1.08. The van der Waals surface area contributed by atoms with Crippen LogP contribution in [0.5, 0.6) is 5.75 Å². The second kappa shape index (κ2) is 6.29. The molecule has 0 aliphatic carbocycles. The molecule has 3 heteroatoms. The lowest BCUT2D eigenvalue weighted by Gasteiger charge is -2.14. The van der Waals surface area contributed by atoms with E-state index in [1.807, 2.05) is 25.1 Å². The lowest BCUT2D eigenvalue weighted by atomic mass is 10.1. The van der Waals surface area contributed by atoms with Crippen molar-refractivity contribution in [2.75, 3.05) is 12.4 Å². The van der Waals surface area contributed by atoms with E-state index in [4.69, 9.17) is 16.3 Å². The molecule has 1 nitrogen and oxygen atoms in total. The number of benzene rings is 1. The summed E-state index contributed by atoms with van der Waals surface area (Å²) >= 11 is 10.3. The summed E-state index contributed by atoms with van der Waals surface area (Å²) in [4.78, 5) is 0. The molecule has 0 heterocycles. The second-order valence-corrected chi connectivity index (χ2v) is 4.47. The van der Waals surface area contributed by atoms with Gasteiger partial charge in [0.15, 0.2) is 0 Å². The summed E-state index contributed by atoms with van der Waals surface area (Å²) in [6.45, 7) is 4.85. The SMILES string of the molecule is CCC(CS)COc1cc(C)ccc1Cl. The molecule has 0 bridgehead atoms. The number of thiol groups is 1. The van der Waals surface area contributed by atoms with Gasteiger partial charge in [-0.3, -0.25) is 0 Å². The predicted molar refractivity (Wildman–Crippen MR) is 69.3 cm³/mol. The van der Waals surface area contributed by atoms with Crippen molar-refractivity contribution in [1.82, 2.24) is 0 Å². The third-order valence-electron chi connectivity index (χ3n) is 2.40. The Morgan fingerprint density at radius 3 is 2.80 bits per heavy atom. The molecule has 0 spiro atoms. The normalized spacial score (nSPS) is 12.5. The van der Waals surface area contributed by atoms with Crippen molar-refractivity contribution < 1.29 is 4.74 Å². The fraction of sp³-hybridized carbons (Fsp3) is 0.500. The van der Waals surface area contributed by atoms with Gasteiger partial charge in [0.05, 0.1) is 11.6 Å². The van der Waals surface area contributed by atoms with Crippen LogP contribution in [0.2, 0.25) is 5.02 Å². The Hall–Kier alpha value is -0.340. The first-order chi connectivity index (χ1) is 7.17. The summed E-state index contributed by atoms with van der Waals surface area (Å²) in [7, 11) is 0. The average Bonchev–Trinajstić information content (AvgIpc) is 2.24. The molecule has 0 amide bonds. The Kier molecular flexibility index (Phi) is 5.34. The van der Waals surface area contributed by atoms with Gasteiger partial charge < -0.3 is 4.74 Å². The Labute approximate surface area is 102 Å². The number of aryl methyl sites for hydroxylation is 1. The summed E-state index contributed by atoms with van der Waals surface area (Å²) in [5.74, 6) is 2.11. The van der Waals surface area contributed by atoms with Crippen LogP contribution in [0.1, 0.15) is 18.9 Å². The molecule has 0 fully saturated rings. The molecule has 0 aliphatic rings. The van der Waals surface area contributed by atoms with Crippen molar-refractivity contribution in [1.29, 1.82) is 0 Å². The van der Waals surface area contributed by atoms with Crippen LogP contribution in [0, 0.1) is 12.8 Å². The van der Waals surface area contributed by atoms with Crippen molar-refractivity contribution >= 4 is 24.2 Å². The molecular formula is C12H17ClOS. The van der Waals surface area contributed by atoms with E-state index in [1.165, 1.54) is 0 Å². The Morgan fingerprint density at radius 1 is 1.47 bits per heavy atom. The van der Waals surface area contributed by atoms with Crippen molar-refractivity contribution in [2.24, 2.45) is 5.92 Å². The minimum atomic E-state index is 0.491. The van der Waals surface area contributed by atoms with E-state index in [9.17, 15) is 0 Å². The van der Waals surface area contributed by atoms with Crippen LogP contribution in [0.15, 0.2) is 18.2 Å². The third kappa shape index (κ3) is 3.96. The van der Waals surface area contributed by atoms with Crippen molar-refractivity contribution in [3.05, 3.63) is 28.8 Å². The molecular weight excluding hydrogens is 228 g/mol. The number of rotatable bonds is 5. The maximum atomic E-state index is 6.02. The van der Waals surface area contributed by atoms with Crippen LogP contribution < -0.4 is 4.74 Å². The Morgan fingerprint density at radius 2 is 2.20 bits per heavy atom. The van der Waals surface area contributed by atoms with Gasteiger partial charge in [0.2, 0.25) is 0 Å². The van der Waals surface area contributed by atoms with Gasteiger partial charge in [-0.15, -0.1) is 0 Å². The van der Waals surface area contributed by atoms with Gasteiger partial charge in [-0.1, -0.05) is 24.6 Å². The van der Waals surface area contributed by atoms with Gasteiger partial charge in [0, 0.05) is 5.92 Å². The zero-order valence-corrected chi connectivity index (χ0v) is 10.8. The summed E-state index contributed by atoms with van der Waals surface area (Å²) < 4.78 is 5.68. The molecule has 1 unspecified atom stereocenters. The summed E-state index contributed by atoms with van der Waals surface area (Å²) in [5, 5.41) is 0.676. The third-order valence-corrected chi connectivity index (χ3v) is 3.23. The minimum absolute atomic E-state index is 0.491. The van der Waals surface area contributed by atoms with Crippen LogP contribution in [-0.2, 0) is 0 Å². The highest BCUT2D eigenvalue weighted by atomic mass is 35.5. The number of hydrogen-bond donors (Lipinski definition) is 1. The minimum Gasteiger partial charge on any atom is -0.492 e. The quantitative estimate of drug-likeness (QED) is 0.771. The van der Waals surface area contributed by atoms with Gasteiger partial charge in [0.1, 0.15) is 5.75 Å². The zero-order chi connectivity index (χ0) is 11.3. The summed E-state index contributed by atoms with van der Waals surface area (Å²) in [6, 6.07) is 5.81. The van der Waals surface area contributed by atoms with Crippen LogP contribution >= 0.6 is 24.2 Å². The molecule has 1 atom stereocenters. The molecule has 1 rings (SSSR count). The van der Waals surface area contributed by atoms with Gasteiger partial charge in [-0.05, 0) is 36.8 Å². The first kappa shape index (κ1) is 12.7. The lowest BCUT2D eigenvalue weighted by molar-refractivity contribution is 0.259. The van der Waals surface area contributed by atoms with E-state index >= 15 is 0 Å². The fourth-order valence-electron chi connectivity index (χ4n) is 1.23. The lowest BCUT2D eigenvalue weighted by Crippen LogP contribution is -2.12. The largest absolute Gasteiger partial charge is 0.492 e. The predicted octanol–water partition coefficient (Wildman–Crippen LogP) is 3.98. The molecule has 1 aromatic carbocycles. The summed E-state index contributed by atoms with van der Waals surface area (Å²) in [5.41, 5.74) is 1.16. The van der Waals surface area contributed by atoms with Gasteiger partial charge in [0.25, 0.3) is 0 Å². The molecule has 0 aliphatic heterocycles. The average molecular weight is 245 g/mol. The molecule has 15 heavy (non-hydrogen) atoms. The zero-order valence-electron chi connectivity index (χ0n) is 9.16. The molecule has 0 radical (unpaired) electrons. The van der Waals surface area contributed by atoms with Gasteiger partial charge >= 0.3 is 0 Å². The second-order valence-electron chi connectivity index (χ2n) is 3.70. The van der Waals surface area contributed by atoms with Crippen molar-refractivity contribution in [3.63, 3.8) is 0 Å². The van der Waals surface area contributed by atoms with Crippen LogP contribution in [0.4, 0.5) is 0 Å². The fourth-order valence-corrected chi connectivity index (χ4v) is 1.76. The van der Waals surface area contributed by atoms with E-state index in [0.29, 0.717) is 17.5 Å². The Balaban J connectivity index is 2.60. The molecule has 0 aromatic heterocycles. The topological polar surface area (TPSA) is 9.23 Å². The first-order valence-electron chi connectivity index (χ1n) is 5.17. The number of hydrogen-bond acceptors (Lipinski definition) is 2. The van der Waals surface area contributed by atoms with E-state index in [2.05, 4.69) is 19.6 Å². The smallest absolute Gasteiger partial charge is 0.138 e. The first-order valence-corrected chi connectivity index (χ1v) is 6.18. The van der Waals surface area contributed by atoms with Crippen LogP contribution in [-0.4, -0.2) is 12.4 Å². The van der Waals surface area contributed by atoms with Crippen LogP contribution in [0.3, 0.4) is 0 Å². The Bertz CT molecular complexity index is 310. The standard InChI is InChI=1S/C12H17ClOS/c1-3-10(8-15)7-14-12-6-9(2)4-5-11(12)13/h4-6,10,15H,3,7-8H2,1-2H3. The van der Waals surface area contributed by atoms with E-state index in [0.717, 1.165) is 23.5 Å². The molecule has 0 N–H and O–H groups in total. The highest BCUT2D eigenvalue weighted by Gasteiger charge is 2.07. The maximum absolute atomic E-state index is 6.02. The molecule has 1 aromatic rings. The van der Waals surface area contributed by atoms with E-state index in [-0.39, 0.29) is 0 Å². The highest BCUT2D eigenvalue weighted by molar-refractivity contribution is 7.80. The van der Waals surface area contributed by atoms with Crippen molar-refractivity contribution in [2.45, 2.75) is 20.3 Å². The molecule has 0 saturated carbocycles. The highest BCUT2D eigenvalue weighted by Crippen LogP contribution is 2.25. The van der Waals surface area contributed by atoms with E-state index < -0.39 is 0 Å². The number of ether oxygens (including phenoxy) is 1. The molecule has 0 saturated heterocycles. The monoisotopic (exact) mass is 244 g/mol.